The summed E-state index contributed by atoms with van der Waals surface area (Å²) in [5.74, 6) is 0. The van der Waals surface area contributed by atoms with E-state index < -0.39 is 5.41 Å². The van der Waals surface area contributed by atoms with E-state index in [0.29, 0.717) is 0 Å². The molecule has 2 heteroatoms. The van der Waals surface area contributed by atoms with Gasteiger partial charge in [0.05, 0.1) is 5.41 Å². The molecule has 2 nitrogen and oxygen atoms in total. The Bertz CT molecular complexity index is 3550. The smallest absolute Gasteiger partial charge is 0.135 e. The third-order valence-corrected chi connectivity index (χ3v) is 13.5. The lowest BCUT2D eigenvalue weighted by molar-refractivity contribution is 0.666. The highest BCUT2D eigenvalue weighted by Gasteiger charge is 2.50. The van der Waals surface area contributed by atoms with E-state index in [0.717, 1.165) is 39.0 Å². The molecule has 0 radical (unpaired) electrons. The Morgan fingerprint density at radius 1 is 0.270 bits per heavy atom. The first-order valence-electron chi connectivity index (χ1n) is 21.7. The van der Waals surface area contributed by atoms with Crippen LogP contribution in [0.3, 0.4) is 0 Å². The number of hydrogen-bond acceptors (Lipinski definition) is 2. The van der Waals surface area contributed by atoms with Crippen molar-refractivity contribution in [3.05, 3.63) is 259 Å². The Balaban J connectivity index is 1.03. The number of fused-ring (bicyclic) bond motifs is 15. The van der Waals surface area contributed by atoms with Crippen molar-refractivity contribution >= 4 is 39.0 Å². The van der Waals surface area contributed by atoms with Crippen LogP contribution in [0.15, 0.2) is 241 Å². The van der Waals surface area contributed by atoms with E-state index in [1.807, 2.05) is 0 Å². The standard InChI is InChI=1S/C61H39NO/c1-3-15-40(16-4-1)41-27-29-42(30-28-41)43-31-33-45(34-32-43)62(44-17-5-2-6-18-44)46-35-36-57-52(37-46)48-20-8-7-19-47(48)49-21-9-12-24-55(49)61(57)56-25-13-10-22-50(56)53-38-54-51-23-11-14-26-59(51)63-60(54)39-58(53)61/h1-39H. The number of rotatable bonds is 5. The van der Waals surface area contributed by atoms with E-state index >= 15 is 0 Å². The molecule has 0 bridgehead atoms. The first kappa shape index (κ1) is 35.5. The summed E-state index contributed by atoms with van der Waals surface area (Å²) in [6.07, 6.45) is 0. The minimum Gasteiger partial charge on any atom is -0.456 e. The van der Waals surface area contributed by atoms with Gasteiger partial charge in [0, 0.05) is 27.8 Å². The van der Waals surface area contributed by atoms with E-state index in [1.54, 1.807) is 0 Å². The molecule has 0 saturated heterocycles. The highest BCUT2D eigenvalue weighted by molar-refractivity contribution is 6.09. The number of para-hydroxylation sites is 2. The zero-order valence-corrected chi connectivity index (χ0v) is 34.4. The predicted octanol–water partition coefficient (Wildman–Crippen LogP) is 16.4. The van der Waals surface area contributed by atoms with Crippen molar-refractivity contribution in [1.82, 2.24) is 0 Å². The minimum absolute atomic E-state index is 0.627. The summed E-state index contributed by atoms with van der Waals surface area (Å²) in [4.78, 5) is 2.39. The summed E-state index contributed by atoms with van der Waals surface area (Å²) in [7, 11) is 0. The van der Waals surface area contributed by atoms with Crippen LogP contribution in [0.2, 0.25) is 0 Å². The van der Waals surface area contributed by atoms with Gasteiger partial charge < -0.3 is 9.32 Å². The van der Waals surface area contributed by atoms with Crippen molar-refractivity contribution in [3.8, 4) is 55.6 Å². The molecule has 0 aliphatic heterocycles. The molecule has 1 unspecified atom stereocenters. The fourth-order valence-corrected chi connectivity index (χ4v) is 10.8. The molecule has 1 atom stereocenters. The molecular formula is C61H39NO. The summed E-state index contributed by atoms with van der Waals surface area (Å²) in [6, 6.07) is 86.6. The molecule has 0 saturated carbocycles. The van der Waals surface area contributed by atoms with Gasteiger partial charge in [0.1, 0.15) is 11.2 Å². The summed E-state index contributed by atoms with van der Waals surface area (Å²) < 4.78 is 6.68. The van der Waals surface area contributed by atoms with Crippen LogP contribution in [0.4, 0.5) is 17.1 Å². The maximum atomic E-state index is 6.68. The number of hydrogen-bond donors (Lipinski definition) is 0. The fourth-order valence-electron chi connectivity index (χ4n) is 10.8. The quantitative estimate of drug-likeness (QED) is 0.172. The van der Waals surface area contributed by atoms with Crippen LogP contribution in [-0.4, -0.2) is 0 Å². The van der Waals surface area contributed by atoms with Crippen molar-refractivity contribution in [2.24, 2.45) is 0 Å². The zero-order valence-electron chi connectivity index (χ0n) is 34.4. The summed E-state index contributed by atoms with van der Waals surface area (Å²) in [5, 5.41) is 2.29. The maximum absolute atomic E-state index is 6.68. The van der Waals surface area contributed by atoms with E-state index in [-0.39, 0.29) is 0 Å². The normalized spacial score (nSPS) is 14.4. The van der Waals surface area contributed by atoms with Crippen molar-refractivity contribution in [2.75, 3.05) is 4.90 Å². The van der Waals surface area contributed by atoms with Gasteiger partial charge in [0.2, 0.25) is 0 Å². The Kier molecular flexibility index (Phi) is 7.85. The molecule has 0 fully saturated rings. The number of furan rings is 1. The molecule has 1 heterocycles. The van der Waals surface area contributed by atoms with Crippen LogP contribution in [0, 0.1) is 0 Å². The number of anilines is 3. The maximum Gasteiger partial charge on any atom is 0.135 e. The van der Waals surface area contributed by atoms with Crippen LogP contribution in [0.1, 0.15) is 22.3 Å². The topological polar surface area (TPSA) is 16.4 Å². The molecule has 294 valence electrons. The predicted molar refractivity (Wildman–Crippen MR) is 261 cm³/mol. The van der Waals surface area contributed by atoms with Crippen LogP contribution in [0.5, 0.6) is 0 Å². The molecule has 1 aromatic heterocycles. The van der Waals surface area contributed by atoms with E-state index in [2.05, 4.69) is 241 Å². The molecule has 10 aromatic carbocycles. The van der Waals surface area contributed by atoms with Gasteiger partial charge >= 0.3 is 0 Å². The lowest BCUT2D eigenvalue weighted by Crippen LogP contribution is -2.29. The van der Waals surface area contributed by atoms with Gasteiger partial charge in [-0.05, 0) is 132 Å². The van der Waals surface area contributed by atoms with Gasteiger partial charge in [-0.1, -0.05) is 182 Å². The molecular weight excluding hydrogens is 763 g/mol. The van der Waals surface area contributed by atoms with Crippen molar-refractivity contribution in [2.45, 2.75) is 5.41 Å². The zero-order chi connectivity index (χ0) is 41.5. The van der Waals surface area contributed by atoms with Crippen molar-refractivity contribution in [1.29, 1.82) is 0 Å². The number of nitrogens with zero attached hydrogens (tertiary/aromatic N) is 1. The Labute approximate surface area is 366 Å². The van der Waals surface area contributed by atoms with Crippen molar-refractivity contribution in [3.63, 3.8) is 0 Å². The van der Waals surface area contributed by atoms with E-state index in [4.69, 9.17) is 4.42 Å². The van der Waals surface area contributed by atoms with Crippen LogP contribution >= 0.6 is 0 Å². The van der Waals surface area contributed by atoms with E-state index in [9.17, 15) is 0 Å². The third kappa shape index (κ3) is 5.32. The molecule has 11 aromatic rings. The first-order chi connectivity index (χ1) is 31.2. The molecule has 13 rings (SSSR count). The number of benzene rings is 10. The van der Waals surface area contributed by atoms with Crippen molar-refractivity contribution < 1.29 is 4.42 Å². The summed E-state index contributed by atoms with van der Waals surface area (Å²) in [6.45, 7) is 0. The molecule has 2 aliphatic carbocycles. The minimum atomic E-state index is -0.627. The second-order valence-corrected chi connectivity index (χ2v) is 16.8. The second-order valence-electron chi connectivity index (χ2n) is 16.8. The van der Waals surface area contributed by atoms with Crippen LogP contribution in [-0.2, 0) is 5.41 Å². The van der Waals surface area contributed by atoms with Gasteiger partial charge in [-0.2, -0.15) is 0 Å². The fraction of sp³-hybridized carbons (Fsp3) is 0.0164. The summed E-state index contributed by atoms with van der Waals surface area (Å²) in [5.41, 5.74) is 21.8. The first-order valence-corrected chi connectivity index (χ1v) is 21.7. The Hall–Kier alpha value is -8.20. The average Bonchev–Trinajstić information content (AvgIpc) is 3.83. The highest BCUT2D eigenvalue weighted by Crippen LogP contribution is 2.62. The van der Waals surface area contributed by atoms with Gasteiger partial charge in [-0.25, -0.2) is 0 Å². The van der Waals surface area contributed by atoms with Crippen LogP contribution < -0.4 is 4.90 Å². The largest absolute Gasteiger partial charge is 0.456 e. The average molecular weight is 802 g/mol. The SMILES string of the molecule is c1ccc(-c2ccc(-c3ccc(N(c4ccccc4)c4ccc5c(c4)-c4ccccc4-c4ccccc4C54c5ccccc5-c5cc6c(cc54)oc4ccccc46)cc3)cc2)cc1. The van der Waals surface area contributed by atoms with E-state index in [1.165, 1.54) is 77.9 Å². The van der Waals surface area contributed by atoms with Gasteiger partial charge in [0.15, 0.2) is 0 Å². The molecule has 1 spiro atoms. The molecule has 63 heavy (non-hydrogen) atoms. The van der Waals surface area contributed by atoms with Gasteiger partial charge in [-0.3, -0.25) is 0 Å². The molecule has 0 amide bonds. The van der Waals surface area contributed by atoms with Gasteiger partial charge in [-0.15, -0.1) is 0 Å². The summed E-state index contributed by atoms with van der Waals surface area (Å²) >= 11 is 0. The third-order valence-electron chi connectivity index (χ3n) is 13.5. The van der Waals surface area contributed by atoms with Gasteiger partial charge in [0.25, 0.3) is 0 Å². The Morgan fingerprint density at radius 3 is 1.41 bits per heavy atom. The molecule has 2 aliphatic rings. The highest BCUT2D eigenvalue weighted by atomic mass is 16.3. The second kappa shape index (κ2) is 13.9. The van der Waals surface area contributed by atoms with Crippen LogP contribution in [0.25, 0.3) is 77.6 Å². The molecule has 0 N–H and O–H groups in total. The monoisotopic (exact) mass is 801 g/mol. The lowest BCUT2D eigenvalue weighted by Gasteiger charge is -2.36. The lowest BCUT2D eigenvalue weighted by atomic mass is 9.66. The Morgan fingerprint density at radius 2 is 0.730 bits per heavy atom.